The molecule has 1 saturated carbocycles. The van der Waals surface area contributed by atoms with Crippen LogP contribution in [-0.2, 0) is 9.53 Å². The lowest BCUT2D eigenvalue weighted by Gasteiger charge is -2.14. The van der Waals surface area contributed by atoms with Gasteiger partial charge in [0.2, 0.25) is 0 Å². The number of anilines is 1. The Labute approximate surface area is 138 Å². The molecule has 3 rings (SSSR count). The van der Waals surface area contributed by atoms with Crippen LogP contribution < -0.4 is 5.32 Å². The zero-order valence-corrected chi connectivity index (χ0v) is 13.8. The van der Waals surface area contributed by atoms with Gasteiger partial charge in [0.25, 0.3) is 5.91 Å². The number of nitrogens with zero attached hydrogens (tertiary/aromatic N) is 2. The van der Waals surface area contributed by atoms with E-state index in [1.807, 2.05) is 17.7 Å². The van der Waals surface area contributed by atoms with Crippen molar-refractivity contribution in [2.45, 2.75) is 38.6 Å². The summed E-state index contributed by atoms with van der Waals surface area (Å²) in [5.74, 6) is -0.168. The number of aryl methyl sites for hydroxylation is 1. The van der Waals surface area contributed by atoms with Gasteiger partial charge in [-0.25, -0.2) is 9.48 Å². The van der Waals surface area contributed by atoms with E-state index < -0.39 is 5.97 Å². The van der Waals surface area contributed by atoms with Gasteiger partial charge in [0, 0.05) is 10.9 Å². The fraction of sp³-hybridized carbons (Fsp3) is 0.438. The number of hydrogen-bond acceptors (Lipinski definition) is 5. The maximum absolute atomic E-state index is 12.0. The SMILES string of the molecule is Cc1ccc(C(=O)OCC(=O)Nc2ccnn2C2CCCC2)s1. The average Bonchev–Trinajstić information content (AvgIpc) is 3.25. The molecule has 1 amide bonds. The van der Waals surface area contributed by atoms with E-state index in [1.165, 1.54) is 24.2 Å². The van der Waals surface area contributed by atoms with Crippen molar-refractivity contribution in [1.82, 2.24) is 9.78 Å². The van der Waals surface area contributed by atoms with E-state index >= 15 is 0 Å². The molecule has 1 aliphatic carbocycles. The van der Waals surface area contributed by atoms with Crippen molar-refractivity contribution in [2.24, 2.45) is 0 Å². The number of aromatic nitrogens is 2. The molecule has 6 nitrogen and oxygen atoms in total. The number of carbonyl (C=O) groups is 2. The number of nitrogens with one attached hydrogen (secondary N) is 1. The Balaban J connectivity index is 1.53. The van der Waals surface area contributed by atoms with Crippen molar-refractivity contribution < 1.29 is 14.3 Å². The normalized spacial score (nSPS) is 14.8. The lowest BCUT2D eigenvalue weighted by molar-refractivity contribution is -0.119. The van der Waals surface area contributed by atoms with Crippen LogP contribution in [0.5, 0.6) is 0 Å². The first-order valence-electron chi connectivity index (χ1n) is 7.70. The van der Waals surface area contributed by atoms with Crippen LogP contribution in [0.25, 0.3) is 0 Å². The van der Waals surface area contributed by atoms with E-state index in [1.54, 1.807) is 18.3 Å². The Kier molecular flexibility index (Phi) is 4.76. The van der Waals surface area contributed by atoms with Crippen molar-refractivity contribution in [2.75, 3.05) is 11.9 Å². The smallest absolute Gasteiger partial charge is 0.348 e. The molecule has 0 radical (unpaired) electrons. The zero-order valence-electron chi connectivity index (χ0n) is 12.9. The van der Waals surface area contributed by atoms with Crippen molar-refractivity contribution in [3.63, 3.8) is 0 Å². The predicted molar refractivity (Wildman–Crippen MR) is 87.7 cm³/mol. The molecule has 1 fully saturated rings. The molecule has 0 aliphatic heterocycles. The minimum absolute atomic E-state index is 0.300. The molecule has 0 spiro atoms. The monoisotopic (exact) mass is 333 g/mol. The van der Waals surface area contributed by atoms with E-state index in [9.17, 15) is 9.59 Å². The summed E-state index contributed by atoms with van der Waals surface area (Å²) >= 11 is 1.35. The predicted octanol–water partition coefficient (Wildman–Crippen LogP) is 3.16. The molecule has 1 N–H and O–H groups in total. The number of esters is 1. The molecule has 2 aromatic rings. The fourth-order valence-electron chi connectivity index (χ4n) is 2.78. The van der Waals surface area contributed by atoms with E-state index in [2.05, 4.69) is 10.4 Å². The lowest BCUT2D eigenvalue weighted by atomic mass is 10.2. The van der Waals surface area contributed by atoms with E-state index in [-0.39, 0.29) is 12.5 Å². The van der Waals surface area contributed by atoms with Gasteiger partial charge in [0.1, 0.15) is 10.7 Å². The highest BCUT2D eigenvalue weighted by atomic mass is 32.1. The van der Waals surface area contributed by atoms with Gasteiger partial charge < -0.3 is 10.1 Å². The van der Waals surface area contributed by atoms with Crippen LogP contribution in [0.4, 0.5) is 5.82 Å². The third kappa shape index (κ3) is 3.79. The van der Waals surface area contributed by atoms with Crippen LogP contribution in [0.3, 0.4) is 0 Å². The van der Waals surface area contributed by atoms with Crippen LogP contribution >= 0.6 is 11.3 Å². The Bertz CT molecular complexity index is 701. The summed E-state index contributed by atoms with van der Waals surface area (Å²) in [6.07, 6.45) is 6.22. The second-order valence-corrected chi connectivity index (χ2v) is 6.92. The number of carbonyl (C=O) groups excluding carboxylic acids is 2. The maximum atomic E-state index is 12.0. The molecule has 0 unspecified atom stereocenters. The fourth-order valence-corrected chi connectivity index (χ4v) is 3.54. The molecule has 0 aromatic carbocycles. The number of amides is 1. The Hall–Kier alpha value is -2.15. The van der Waals surface area contributed by atoms with Crippen LogP contribution in [0.1, 0.15) is 46.3 Å². The van der Waals surface area contributed by atoms with Crippen LogP contribution in [0, 0.1) is 6.92 Å². The lowest BCUT2D eigenvalue weighted by Crippen LogP contribution is -2.23. The minimum Gasteiger partial charge on any atom is -0.451 e. The minimum atomic E-state index is -0.470. The van der Waals surface area contributed by atoms with E-state index in [4.69, 9.17) is 4.74 Å². The molecule has 0 saturated heterocycles. The standard InChI is InChI=1S/C16H19N3O3S/c1-11-6-7-13(23-11)16(21)22-10-15(20)18-14-8-9-17-19(14)12-4-2-3-5-12/h6-9,12H,2-5,10H2,1H3,(H,18,20). The summed E-state index contributed by atoms with van der Waals surface area (Å²) in [5.41, 5.74) is 0. The van der Waals surface area contributed by atoms with Gasteiger partial charge >= 0.3 is 5.97 Å². The summed E-state index contributed by atoms with van der Waals surface area (Å²) in [4.78, 5) is 25.4. The van der Waals surface area contributed by atoms with Crippen LogP contribution in [0.2, 0.25) is 0 Å². The van der Waals surface area contributed by atoms with Gasteiger partial charge in [0.15, 0.2) is 6.61 Å². The third-order valence-corrected chi connectivity index (χ3v) is 4.86. The summed E-state index contributed by atoms with van der Waals surface area (Å²) < 4.78 is 6.90. The molecule has 0 atom stereocenters. The summed E-state index contributed by atoms with van der Waals surface area (Å²) in [7, 11) is 0. The second-order valence-electron chi connectivity index (χ2n) is 5.63. The molecule has 7 heteroatoms. The highest BCUT2D eigenvalue weighted by Crippen LogP contribution is 2.31. The van der Waals surface area contributed by atoms with Crippen molar-refractivity contribution >= 4 is 29.0 Å². The molecular formula is C16H19N3O3S. The summed E-state index contributed by atoms with van der Waals surface area (Å²) in [6.45, 7) is 1.62. The maximum Gasteiger partial charge on any atom is 0.348 e. The first-order chi connectivity index (χ1) is 11.1. The number of thiophene rings is 1. The Morgan fingerprint density at radius 1 is 1.35 bits per heavy atom. The largest absolute Gasteiger partial charge is 0.451 e. The van der Waals surface area contributed by atoms with Gasteiger partial charge in [0.05, 0.1) is 12.2 Å². The van der Waals surface area contributed by atoms with Gasteiger partial charge in [-0.1, -0.05) is 12.8 Å². The molecular weight excluding hydrogens is 314 g/mol. The quantitative estimate of drug-likeness (QED) is 0.853. The van der Waals surface area contributed by atoms with Crippen LogP contribution in [-0.4, -0.2) is 28.3 Å². The highest BCUT2D eigenvalue weighted by Gasteiger charge is 2.21. The number of rotatable bonds is 5. The van der Waals surface area contributed by atoms with E-state index in [0.29, 0.717) is 16.7 Å². The van der Waals surface area contributed by atoms with Crippen molar-refractivity contribution in [3.05, 3.63) is 34.2 Å². The highest BCUT2D eigenvalue weighted by molar-refractivity contribution is 7.13. The van der Waals surface area contributed by atoms with Gasteiger partial charge in [-0.15, -0.1) is 11.3 Å². The second kappa shape index (κ2) is 6.95. The third-order valence-electron chi connectivity index (χ3n) is 3.88. The van der Waals surface area contributed by atoms with E-state index in [0.717, 1.165) is 17.7 Å². The van der Waals surface area contributed by atoms with Gasteiger partial charge in [-0.3, -0.25) is 4.79 Å². The van der Waals surface area contributed by atoms with Gasteiger partial charge in [-0.05, 0) is 31.9 Å². The number of hydrogen-bond donors (Lipinski definition) is 1. The van der Waals surface area contributed by atoms with Crippen molar-refractivity contribution in [1.29, 1.82) is 0 Å². The molecule has 2 heterocycles. The van der Waals surface area contributed by atoms with Crippen LogP contribution in [0.15, 0.2) is 24.4 Å². The molecule has 2 aromatic heterocycles. The summed E-state index contributed by atoms with van der Waals surface area (Å²) in [5, 5.41) is 7.06. The molecule has 122 valence electrons. The average molecular weight is 333 g/mol. The number of ether oxygens (including phenoxy) is 1. The molecule has 0 bridgehead atoms. The first-order valence-corrected chi connectivity index (χ1v) is 8.52. The van der Waals surface area contributed by atoms with Crippen molar-refractivity contribution in [3.8, 4) is 0 Å². The summed E-state index contributed by atoms with van der Waals surface area (Å²) in [6, 6.07) is 5.66. The topological polar surface area (TPSA) is 73.2 Å². The Morgan fingerprint density at radius 2 is 2.13 bits per heavy atom. The Morgan fingerprint density at radius 3 is 2.83 bits per heavy atom. The molecule has 23 heavy (non-hydrogen) atoms. The van der Waals surface area contributed by atoms with Gasteiger partial charge in [-0.2, -0.15) is 5.10 Å². The molecule has 1 aliphatic rings. The first kappa shape index (κ1) is 15.7. The zero-order chi connectivity index (χ0) is 16.2.